The molecule has 0 radical (unpaired) electrons. The van der Waals surface area contributed by atoms with Gasteiger partial charge in [-0.3, -0.25) is 0 Å². The third-order valence-electron chi connectivity index (χ3n) is 4.67. The van der Waals surface area contributed by atoms with Gasteiger partial charge in [0.15, 0.2) is 5.82 Å². The molecule has 0 aliphatic carbocycles. The van der Waals surface area contributed by atoms with Gasteiger partial charge in [0.2, 0.25) is 0 Å². The minimum absolute atomic E-state index is 0.546. The normalized spacial score (nSPS) is 10.4. The van der Waals surface area contributed by atoms with Crippen LogP contribution in [0.5, 0.6) is 5.75 Å². The molecule has 0 saturated heterocycles. The second-order valence-corrected chi connectivity index (χ2v) is 6.75. The molecule has 0 spiro atoms. The maximum absolute atomic E-state index is 5.21. The highest BCUT2D eigenvalue weighted by Crippen LogP contribution is 2.24. The zero-order valence-corrected chi connectivity index (χ0v) is 16.8. The van der Waals surface area contributed by atoms with Crippen LogP contribution in [0.3, 0.4) is 0 Å². The summed E-state index contributed by atoms with van der Waals surface area (Å²) in [6.45, 7) is 1.28. The van der Waals surface area contributed by atoms with Crippen LogP contribution in [0.25, 0.3) is 0 Å². The van der Waals surface area contributed by atoms with Crippen LogP contribution in [-0.4, -0.2) is 22.3 Å². The van der Waals surface area contributed by atoms with Crippen LogP contribution in [0, 0.1) is 0 Å². The Kier molecular flexibility index (Phi) is 6.15. The van der Waals surface area contributed by atoms with Crippen molar-refractivity contribution in [1.82, 2.24) is 15.2 Å². The van der Waals surface area contributed by atoms with Crippen LogP contribution in [0.1, 0.15) is 11.1 Å². The van der Waals surface area contributed by atoms with Crippen molar-refractivity contribution in [3.8, 4) is 5.75 Å². The first-order valence-corrected chi connectivity index (χ1v) is 9.75. The van der Waals surface area contributed by atoms with Gasteiger partial charge in [0.1, 0.15) is 5.75 Å². The maximum Gasteiger partial charge on any atom is 0.252 e. The molecule has 0 aliphatic rings. The Morgan fingerprint density at radius 2 is 1.53 bits per heavy atom. The molecule has 0 fully saturated rings. The Balaban J connectivity index is 1.55. The highest BCUT2D eigenvalue weighted by Gasteiger charge is 2.14. The lowest BCUT2D eigenvalue weighted by atomic mass is 10.2. The third kappa shape index (κ3) is 4.91. The quantitative estimate of drug-likeness (QED) is 0.459. The molecule has 0 atom stereocenters. The first kappa shape index (κ1) is 19.4. The van der Waals surface area contributed by atoms with Crippen molar-refractivity contribution in [3.63, 3.8) is 0 Å². The van der Waals surface area contributed by atoms with E-state index in [-0.39, 0.29) is 0 Å². The van der Waals surface area contributed by atoms with Crippen LogP contribution >= 0.6 is 0 Å². The van der Waals surface area contributed by atoms with Gasteiger partial charge in [-0.05, 0) is 35.4 Å². The number of para-hydroxylation sites is 1. The summed E-state index contributed by atoms with van der Waals surface area (Å²) in [5, 5.41) is 11.8. The van der Waals surface area contributed by atoms with Crippen LogP contribution in [0.4, 0.5) is 17.5 Å². The van der Waals surface area contributed by atoms with Crippen molar-refractivity contribution < 1.29 is 4.74 Å². The van der Waals surface area contributed by atoms with E-state index in [1.165, 1.54) is 5.56 Å². The number of hydrogen-bond donors (Lipinski definition) is 1. The molecular formula is C24H23N5O. The molecule has 3 aromatic carbocycles. The summed E-state index contributed by atoms with van der Waals surface area (Å²) in [5.41, 5.74) is 3.30. The van der Waals surface area contributed by atoms with E-state index in [4.69, 9.17) is 9.72 Å². The Hall–Kier alpha value is -3.93. The predicted molar refractivity (Wildman–Crippen MR) is 119 cm³/mol. The van der Waals surface area contributed by atoms with E-state index >= 15 is 0 Å². The molecule has 1 N–H and O–H groups in total. The summed E-state index contributed by atoms with van der Waals surface area (Å²) < 4.78 is 5.21. The van der Waals surface area contributed by atoms with E-state index in [9.17, 15) is 0 Å². The van der Waals surface area contributed by atoms with Gasteiger partial charge < -0.3 is 15.0 Å². The van der Waals surface area contributed by atoms with E-state index in [0.29, 0.717) is 24.9 Å². The largest absolute Gasteiger partial charge is 0.497 e. The Morgan fingerprint density at radius 1 is 0.833 bits per heavy atom. The van der Waals surface area contributed by atoms with Crippen molar-refractivity contribution >= 4 is 17.5 Å². The second kappa shape index (κ2) is 9.52. The Labute approximate surface area is 176 Å². The summed E-state index contributed by atoms with van der Waals surface area (Å²) in [5.74, 6) is 2.05. The smallest absolute Gasteiger partial charge is 0.252 e. The molecule has 0 unspecified atom stereocenters. The van der Waals surface area contributed by atoms with Crippen LogP contribution in [-0.2, 0) is 13.1 Å². The van der Waals surface area contributed by atoms with E-state index in [1.54, 1.807) is 13.3 Å². The van der Waals surface area contributed by atoms with Crippen molar-refractivity contribution in [2.75, 3.05) is 17.3 Å². The Morgan fingerprint density at radius 3 is 2.23 bits per heavy atom. The number of nitrogens with zero attached hydrogens (tertiary/aromatic N) is 4. The number of ether oxygens (including phenoxy) is 1. The topological polar surface area (TPSA) is 63.2 Å². The number of anilines is 3. The Bertz CT molecular complexity index is 1060. The summed E-state index contributed by atoms with van der Waals surface area (Å²) in [6, 6.07) is 28.3. The van der Waals surface area contributed by atoms with Crippen LogP contribution in [0.15, 0.2) is 91.1 Å². The average molecular weight is 397 g/mol. The molecule has 4 aromatic rings. The summed E-state index contributed by atoms with van der Waals surface area (Å²) in [6.07, 6.45) is 1.64. The average Bonchev–Trinajstić information content (AvgIpc) is 2.83. The number of nitrogens with one attached hydrogen (secondary N) is 1. The molecule has 0 amide bonds. The first-order chi connectivity index (χ1) is 14.8. The lowest BCUT2D eigenvalue weighted by molar-refractivity contribution is 0.414. The fraction of sp³-hybridized carbons (Fsp3) is 0.125. The molecule has 1 aromatic heterocycles. The van der Waals surface area contributed by atoms with E-state index in [1.807, 2.05) is 72.8 Å². The number of aromatic nitrogens is 3. The van der Waals surface area contributed by atoms with E-state index < -0.39 is 0 Å². The maximum atomic E-state index is 5.21. The van der Waals surface area contributed by atoms with Gasteiger partial charge in [-0.25, -0.2) is 0 Å². The number of hydrogen-bond acceptors (Lipinski definition) is 6. The lowest BCUT2D eigenvalue weighted by Gasteiger charge is -2.22. The molecule has 6 heteroatoms. The van der Waals surface area contributed by atoms with Gasteiger partial charge in [0, 0.05) is 12.2 Å². The summed E-state index contributed by atoms with van der Waals surface area (Å²) in [7, 11) is 1.66. The molecule has 0 saturated carbocycles. The standard InChI is InChI=1S/C24H23N5O/c1-30-22-14-12-19(13-15-22)16-25-23-17-26-28-24(27-23)29(21-10-6-3-7-11-21)18-20-8-4-2-5-9-20/h2-15,17H,16,18H2,1H3,(H,25,27,28). The second-order valence-electron chi connectivity index (χ2n) is 6.75. The van der Waals surface area contributed by atoms with Gasteiger partial charge in [-0.1, -0.05) is 60.7 Å². The number of rotatable bonds is 8. The molecule has 6 nitrogen and oxygen atoms in total. The van der Waals surface area contributed by atoms with Crippen molar-refractivity contribution in [3.05, 3.63) is 102 Å². The lowest BCUT2D eigenvalue weighted by Crippen LogP contribution is -2.20. The SMILES string of the molecule is COc1ccc(CNc2cnnc(N(Cc3ccccc3)c3ccccc3)n2)cc1. The highest BCUT2D eigenvalue weighted by molar-refractivity contribution is 5.58. The van der Waals surface area contributed by atoms with Crippen molar-refractivity contribution in [1.29, 1.82) is 0 Å². The van der Waals surface area contributed by atoms with Gasteiger partial charge in [-0.2, -0.15) is 10.1 Å². The molecule has 0 bridgehead atoms. The highest BCUT2D eigenvalue weighted by atomic mass is 16.5. The summed E-state index contributed by atoms with van der Waals surface area (Å²) >= 11 is 0. The number of methoxy groups -OCH3 is 1. The fourth-order valence-corrected chi connectivity index (χ4v) is 3.08. The molecule has 30 heavy (non-hydrogen) atoms. The monoisotopic (exact) mass is 397 g/mol. The van der Waals surface area contributed by atoms with Gasteiger partial charge in [0.05, 0.1) is 19.9 Å². The molecule has 150 valence electrons. The predicted octanol–water partition coefficient (Wildman–Crippen LogP) is 4.83. The van der Waals surface area contributed by atoms with E-state index in [2.05, 4.69) is 32.5 Å². The minimum Gasteiger partial charge on any atom is -0.497 e. The molecule has 1 heterocycles. The van der Waals surface area contributed by atoms with Crippen molar-refractivity contribution in [2.24, 2.45) is 0 Å². The van der Waals surface area contributed by atoms with Crippen molar-refractivity contribution in [2.45, 2.75) is 13.1 Å². The summed E-state index contributed by atoms with van der Waals surface area (Å²) in [4.78, 5) is 6.77. The van der Waals surface area contributed by atoms with Gasteiger partial charge in [0.25, 0.3) is 5.95 Å². The van der Waals surface area contributed by atoms with Gasteiger partial charge >= 0.3 is 0 Å². The van der Waals surface area contributed by atoms with Gasteiger partial charge in [-0.15, -0.1) is 5.10 Å². The first-order valence-electron chi connectivity index (χ1n) is 9.75. The zero-order chi connectivity index (χ0) is 20.6. The van der Waals surface area contributed by atoms with Crippen LogP contribution < -0.4 is 15.0 Å². The minimum atomic E-state index is 0.546. The van der Waals surface area contributed by atoms with E-state index in [0.717, 1.165) is 17.0 Å². The van der Waals surface area contributed by atoms with Crippen LogP contribution in [0.2, 0.25) is 0 Å². The number of benzene rings is 3. The third-order valence-corrected chi connectivity index (χ3v) is 4.67. The molecule has 4 rings (SSSR count). The molecule has 0 aliphatic heterocycles. The molecular weight excluding hydrogens is 374 g/mol. The fourth-order valence-electron chi connectivity index (χ4n) is 3.08. The zero-order valence-electron chi connectivity index (χ0n) is 16.8.